The van der Waals surface area contributed by atoms with E-state index in [1.807, 2.05) is 26.0 Å². The van der Waals surface area contributed by atoms with Crippen molar-refractivity contribution in [1.82, 2.24) is 0 Å². The topological polar surface area (TPSA) is 40.5 Å². The number of hydrogen-bond acceptors (Lipinski definition) is 2. The second-order valence-corrected chi connectivity index (χ2v) is 2.68. The Morgan fingerprint density at radius 1 is 1.25 bits per heavy atom. The summed E-state index contributed by atoms with van der Waals surface area (Å²) in [6.45, 7) is 3.70. The Labute approximate surface area is 71.8 Å². The lowest BCUT2D eigenvalue weighted by Crippen LogP contribution is -1.81. The van der Waals surface area contributed by atoms with Crippen molar-refractivity contribution in [3.8, 4) is 11.5 Å². The van der Waals surface area contributed by atoms with E-state index >= 15 is 0 Å². The van der Waals surface area contributed by atoms with Crippen molar-refractivity contribution in [3.63, 3.8) is 0 Å². The number of benzene rings is 1. The predicted molar refractivity (Wildman–Crippen MR) is 49.2 cm³/mol. The lowest BCUT2D eigenvalue weighted by atomic mass is 10.1. The van der Waals surface area contributed by atoms with E-state index in [0.29, 0.717) is 0 Å². The molecule has 0 aliphatic carbocycles. The van der Waals surface area contributed by atoms with E-state index < -0.39 is 0 Å². The van der Waals surface area contributed by atoms with Crippen LogP contribution in [0.4, 0.5) is 0 Å². The Balaban J connectivity index is 3.27. The maximum absolute atomic E-state index is 9.31. The van der Waals surface area contributed by atoms with Gasteiger partial charge in [0.2, 0.25) is 0 Å². The van der Waals surface area contributed by atoms with Crippen molar-refractivity contribution >= 4 is 6.08 Å². The van der Waals surface area contributed by atoms with Gasteiger partial charge in [0.05, 0.1) is 0 Å². The second kappa shape index (κ2) is 3.30. The van der Waals surface area contributed by atoms with Gasteiger partial charge >= 0.3 is 0 Å². The van der Waals surface area contributed by atoms with Crippen LogP contribution in [-0.4, -0.2) is 10.2 Å². The summed E-state index contributed by atoms with van der Waals surface area (Å²) in [6, 6.07) is 2.96. The Morgan fingerprint density at radius 2 is 1.92 bits per heavy atom. The van der Waals surface area contributed by atoms with E-state index in [1.54, 1.807) is 6.07 Å². The van der Waals surface area contributed by atoms with Crippen molar-refractivity contribution in [2.75, 3.05) is 0 Å². The van der Waals surface area contributed by atoms with E-state index in [0.717, 1.165) is 11.1 Å². The third-order valence-electron chi connectivity index (χ3n) is 1.75. The van der Waals surface area contributed by atoms with Crippen LogP contribution in [0.5, 0.6) is 11.5 Å². The number of hydrogen-bond donors (Lipinski definition) is 2. The van der Waals surface area contributed by atoms with Crippen LogP contribution >= 0.6 is 0 Å². The van der Waals surface area contributed by atoms with Crippen LogP contribution in [0, 0.1) is 6.92 Å². The molecule has 2 heteroatoms. The summed E-state index contributed by atoms with van der Waals surface area (Å²) in [6.07, 6.45) is 3.70. The summed E-state index contributed by atoms with van der Waals surface area (Å²) in [5.74, 6) is 0.217. The number of allylic oxidation sites excluding steroid dienone is 1. The zero-order valence-electron chi connectivity index (χ0n) is 7.20. The molecule has 0 atom stereocenters. The summed E-state index contributed by atoms with van der Waals surface area (Å²) in [4.78, 5) is 0. The first kappa shape index (κ1) is 8.65. The van der Waals surface area contributed by atoms with Gasteiger partial charge in [-0.15, -0.1) is 0 Å². The lowest BCUT2D eigenvalue weighted by molar-refractivity contribution is 0.447. The van der Waals surface area contributed by atoms with Crippen LogP contribution in [-0.2, 0) is 0 Å². The van der Waals surface area contributed by atoms with Gasteiger partial charge in [-0.3, -0.25) is 0 Å². The Bertz CT molecular complexity index is 314. The van der Waals surface area contributed by atoms with Gasteiger partial charge < -0.3 is 10.2 Å². The molecule has 0 radical (unpaired) electrons. The molecular formula is C10H12O2. The average molecular weight is 164 g/mol. The maximum Gasteiger partial charge on any atom is 0.122 e. The molecule has 0 fully saturated rings. The highest BCUT2D eigenvalue weighted by Gasteiger charge is 2.02. The first-order valence-electron chi connectivity index (χ1n) is 3.80. The molecule has 0 heterocycles. The quantitative estimate of drug-likeness (QED) is 0.669. The molecule has 0 unspecified atom stereocenters. The van der Waals surface area contributed by atoms with E-state index in [-0.39, 0.29) is 11.5 Å². The van der Waals surface area contributed by atoms with Crippen LogP contribution in [0.2, 0.25) is 0 Å². The van der Waals surface area contributed by atoms with Crippen molar-refractivity contribution in [1.29, 1.82) is 0 Å². The van der Waals surface area contributed by atoms with Gasteiger partial charge in [0, 0.05) is 6.07 Å². The summed E-state index contributed by atoms with van der Waals surface area (Å²) in [5, 5.41) is 18.5. The van der Waals surface area contributed by atoms with Crippen LogP contribution in [0.3, 0.4) is 0 Å². The molecule has 0 saturated carbocycles. The van der Waals surface area contributed by atoms with E-state index in [1.165, 1.54) is 6.07 Å². The molecule has 1 aromatic carbocycles. The normalized spacial score (nSPS) is 10.8. The fraction of sp³-hybridized carbons (Fsp3) is 0.200. The molecule has 0 aromatic heterocycles. The molecule has 2 nitrogen and oxygen atoms in total. The van der Waals surface area contributed by atoms with Crippen molar-refractivity contribution in [2.45, 2.75) is 13.8 Å². The van der Waals surface area contributed by atoms with Crippen LogP contribution < -0.4 is 0 Å². The highest BCUT2D eigenvalue weighted by atomic mass is 16.3. The minimum absolute atomic E-state index is 0.0891. The zero-order valence-corrected chi connectivity index (χ0v) is 7.20. The maximum atomic E-state index is 9.31. The average Bonchev–Trinajstić information content (AvgIpc) is 2.00. The van der Waals surface area contributed by atoms with Gasteiger partial charge in [-0.1, -0.05) is 12.2 Å². The smallest absolute Gasteiger partial charge is 0.122 e. The number of aromatic hydroxyl groups is 2. The Kier molecular flexibility index (Phi) is 2.38. The van der Waals surface area contributed by atoms with Gasteiger partial charge in [-0.25, -0.2) is 0 Å². The molecule has 0 aliphatic heterocycles. The molecule has 1 aromatic rings. The Hall–Kier alpha value is -1.44. The van der Waals surface area contributed by atoms with Crippen LogP contribution in [0.25, 0.3) is 6.08 Å². The van der Waals surface area contributed by atoms with E-state index in [2.05, 4.69) is 0 Å². The first-order valence-corrected chi connectivity index (χ1v) is 3.80. The molecule has 2 N–H and O–H groups in total. The summed E-state index contributed by atoms with van der Waals surface area (Å²) < 4.78 is 0. The summed E-state index contributed by atoms with van der Waals surface area (Å²) in [5.41, 5.74) is 1.63. The molecule has 0 spiro atoms. The zero-order chi connectivity index (χ0) is 9.14. The lowest BCUT2D eigenvalue weighted by Gasteiger charge is -2.03. The molecule has 0 bridgehead atoms. The largest absolute Gasteiger partial charge is 0.508 e. The highest BCUT2D eigenvalue weighted by Crippen LogP contribution is 2.26. The third-order valence-corrected chi connectivity index (χ3v) is 1.75. The fourth-order valence-electron chi connectivity index (χ4n) is 1.06. The standard InChI is InChI=1S/C10H12O2/c1-3-4-8-5-9(11)6-10(12)7(8)2/h3-6,11-12H,1-2H3/b4-3-. The SMILES string of the molecule is C/C=C\c1cc(O)cc(O)c1C. The predicted octanol–water partition coefficient (Wildman–Crippen LogP) is 2.44. The van der Waals surface area contributed by atoms with Crippen molar-refractivity contribution in [2.24, 2.45) is 0 Å². The number of phenols is 2. The van der Waals surface area contributed by atoms with Gasteiger partial charge in [-0.05, 0) is 31.0 Å². The molecular weight excluding hydrogens is 152 g/mol. The Morgan fingerprint density at radius 3 is 2.50 bits per heavy atom. The van der Waals surface area contributed by atoms with Gasteiger partial charge in [0.15, 0.2) is 0 Å². The van der Waals surface area contributed by atoms with E-state index in [4.69, 9.17) is 5.11 Å². The van der Waals surface area contributed by atoms with Gasteiger partial charge in [-0.2, -0.15) is 0 Å². The molecule has 0 aliphatic rings. The first-order chi connectivity index (χ1) is 5.65. The molecule has 1 rings (SSSR count). The number of phenolic OH excluding ortho intramolecular Hbond substituents is 2. The van der Waals surface area contributed by atoms with Crippen LogP contribution in [0.15, 0.2) is 18.2 Å². The van der Waals surface area contributed by atoms with Crippen molar-refractivity contribution < 1.29 is 10.2 Å². The minimum Gasteiger partial charge on any atom is -0.508 e. The molecule has 12 heavy (non-hydrogen) atoms. The molecule has 0 amide bonds. The van der Waals surface area contributed by atoms with Crippen molar-refractivity contribution in [3.05, 3.63) is 29.3 Å². The van der Waals surface area contributed by atoms with Crippen LogP contribution in [0.1, 0.15) is 18.1 Å². The monoisotopic (exact) mass is 164 g/mol. The molecule has 64 valence electrons. The highest BCUT2D eigenvalue weighted by molar-refractivity contribution is 5.59. The minimum atomic E-state index is 0.0891. The summed E-state index contributed by atoms with van der Waals surface area (Å²) >= 11 is 0. The second-order valence-electron chi connectivity index (χ2n) is 2.68. The van der Waals surface area contributed by atoms with E-state index in [9.17, 15) is 5.11 Å². The van der Waals surface area contributed by atoms with Gasteiger partial charge in [0.25, 0.3) is 0 Å². The summed E-state index contributed by atoms with van der Waals surface area (Å²) in [7, 11) is 0. The number of rotatable bonds is 1. The van der Waals surface area contributed by atoms with Gasteiger partial charge in [0.1, 0.15) is 11.5 Å². The fourth-order valence-corrected chi connectivity index (χ4v) is 1.06. The molecule has 0 saturated heterocycles. The third kappa shape index (κ3) is 1.59.